The van der Waals surface area contributed by atoms with Crippen molar-refractivity contribution in [3.05, 3.63) is 41.1 Å². The van der Waals surface area contributed by atoms with E-state index in [0.717, 1.165) is 0 Å². The molecule has 0 saturated carbocycles. The van der Waals surface area contributed by atoms with E-state index < -0.39 is 89.4 Å². The largest absolute Gasteiger partial charge is 0.690 e. The van der Waals surface area contributed by atoms with Gasteiger partial charge in [0.15, 0.2) is 30.9 Å². The van der Waals surface area contributed by atoms with E-state index in [0.29, 0.717) is 0 Å². The van der Waals surface area contributed by atoms with E-state index in [1.165, 1.54) is 0 Å². The van der Waals surface area contributed by atoms with Crippen molar-refractivity contribution in [2.24, 2.45) is 30.7 Å². The second-order valence-corrected chi connectivity index (χ2v) is 7.67. The summed E-state index contributed by atoms with van der Waals surface area (Å²) < 4.78 is 25.8. The molecule has 38 heteroatoms. The highest BCUT2D eigenvalue weighted by atomic mass is 16.7. The molecule has 0 aliphatic rings. The Bertz CT molecular complexity index is 2200. The second-order valence-electron chi connectivity index (χ2n) is 7.67. The van der Waals surface area contributed by atoms with Crippen molar-refractivity contribution in [2.75, 3.05) is 0 Å². The highest BCUT2D eigenvalue weighted by Crippen LogP contribution is 2.33. The van der Waals surface area contributed by atoms with Crippen molar-refractivity contribution >= 4 is 69.8 Å². The van der Waals surface area contributed by atoms with E-state index in [2.05, 4.69) is 120 Å². The van der Waals surface area contributed by atoms with Crippen LogP contribution in [0.1, 0.15) is 0 Å². The lowest BCUT2D eigenvalue weighted by Crippen LogP contribution is -1.96. The predicted octanol–water partition coefficient (Wildman–Crippen LogP) is 1.92. The number of nitrogens with zero attached hydrogens (tertiary/aromatic N) is 24. The Morgan fingerprint density at radius 1 is 0.340 bits per heavy atom. The van der Waals surface area contributed by atoms with E-state index in [-0.39, 0.29) is 9.72 Å². The molecule has 0 spiro atoms. The van der Waals surface area contributed by atoms with Crippen molar-refractivity contribution in [2.45, 2.75) is 0 Å². The van der Waals surface area contributed by atoms with Gasteiger partial charge in [0, 0.05) is 30.9 Å². The topological polar surface area (TPSA) is 498 Å². The van der Waals surface area contributed by atoms with Gasteiger partial charge in [0.25, 0.3) is 0 Å². The van der Waals surface area contributed by atoms with E-state index in [9.17, 15) is 41.1 Å². The highest BCUT2D eigenvalue weighted by Gasteiger charge is 2.31. The van der Waals surface area contributed by atoms with Crippen LogP contribution in [0.2, 0.25) is 0 Å². The molecule has 0 unspecified atom stereocenters. The molecule has 0 amide bonds. The first-order valence-corrected chi connectivity index (χ1v) is 11.5. The van der Waals surface area contributed by atoms with Gasteiger partial charge in [-0.1, -0.05) is 0 Å². The van der Waals surface area contributed by atoms with Crippen LogP contribution < -0.4 is 0 Å². The number of hydrogen-bond acceptors (Lipinski definition) is 32. The Hall–Kier alpha value is -9.16. The molecule has 0 bridgehead atoms. The molecule has 0 aliphatic carbocycles. The predicted molar refractivity (Wildman–Crippen MR) is 125 cm³/mol. The molecule has 6 aromatic heterocycles. The maximum Gasteiger partial charge on any atom is 0.465 e. The standard InChI is InChI=1S/C12N24O14/c37-31(15-3-9(27-47-21-3)33(39)17-5-11(35(41)42)29-49-23-5)7-1(19-45-25-7)13-14-2-8(26-46-20-2)32(38)16-4-10(28-48-22-4)34(40)18-6-12(36(43)44)30-50-24-6. The molecule has 0 N–H and O–H groups in total. The number of azo groups is 5. The van der Waals surface area contributed by atoms with Gasteiger partial charge in [-0.05, 0) is 30.3 Å². The first kappa shape index (κ1) is 30.8. The Kier molecular flexibility index (Phi) is 7.82. The van der Waals surface area contributed by atoms with Gasteiger partial charge in [0.2, 0.25) is 0 Å². The van der Waals surface area contributed by atoms with E-state index in [1.54, 1.807) is 0 Å². The molecule has 50 heavy (non-hydrogen) atoms. The van der Waals surface area contributed by atoms with Crippen LogP contribution in [0, 0.1) is 41.1 Å². The lowest BCUT2D eigenvalue weighted by molar-refractivity contribution is -0.450. The number of nitro groups is 2. The Balaban J connectivity index is 1.22. The molecule has 0 aromatic carbocycles. The van der Waals surface area contributed by atoms with Gasteiger partial charge in [0.05, 0.1) is 0 Å². The van der Waals surface area contributed by atoms with Crippen molar-refractivity contribution < 1.29 is 57.1 Å². The fourth-order valence-corrected chi connectivity index (χ4v) is 2.79. The molecule has 6 aromatic rings. The molecule has 252 valence electrons. The maximum absolute atomic E-state index is 12.7. The molecule has 0 atom stereocenters. The zero-order chi connectivity index (χ0) is 35.4. The number of aromatic nitrogens is 12. The average Bonchev–Trinajstić information content (AvgIpc) is 3.91. The van der Waals surface area contributed by atoms with Crippen LogP contribution in [0.4, 0.5) is 69.8 Å². The summed E-state index contributed by atoms with van der Waals surface area (Å²) >= 11 is 0. The average molecular weight is 704 g/mol. The number of rotatable bonds is 12. The van der Waals surface area contributed by atoms with Crippen LogP contribution in [0.5, 0.6) is 0 Å². The van der Waals surface area contributed by atoms with E-state index >= 15 is 0 Å². The summed E-state index contributed by atoms with van der Waals surface area (Å²) in [6.07, 6.45) is 0. The summed E-state index contributed by atoms with van der Waals surface area (Å²) in [5.41, 5.74) is 0. The minimum atomic E-state index is -1.06. The van der Waals surface area contributed by atoms with Gasteiger partial charge in [-0.15, -0.1) is 57.4 Å². The zero-order valence-corrected chi connectivity index (χ0v) is 22.4. The van der Waals surface area contributed by atoms with Crippen molar-refractivity contribution in [3.63, 3.8) is 0 Å². The summed E-state index contributed by atoms with van der Waals surface area (Å²) in [7, 11) is 0. The van der Waals surface area contributed by atoms with Gasteiger partial charge in [-0.25, -0.2) is 0 Å². The van der Waals surface area contributed by atoms with Crippen LogP contribution in [0.15, 0.2) is 58.5 Å². The number of hydrogen-bond donors (Lipinski definition) is 0. The first-order valence-electron chi connectivity index (χ1n) is 11.5. The zero-order valence-electron chi connectivity index (χ0n) is 22.4. The fraction of sp³-hybridized carbons (Fsp3) is 0. The molecule has 0 fully saturated rings. The summed E-state index contributed by atoms with van der Waals surface area (Å²) in [4.78, 5) is 18.1. The summed E-state index contributed by atoms with van der Waals surface area (Å²) in [5.74, 6) is -10.6. The van der Waals surface area contributed by atoms with E-state index in [4.69, 9.17) is 0 Å². The second kappa shape index (κ2) is 12.7. The molecule has 6 heterocycles. The normalized spacial score (nSPS) is 13.0. The van der Waals surface area contributed by atoms with Crippen molar-refractivity contribution in [1.82, 2.24) is 61.9 Å². The van der Waals surface area contributed by atoms with Gasteiger partial charge in [0.1, 0.15) is 0 Å². The summed E-state index contributed by atoms with van der Waals surface area (Å²) in [6.45, 7) is 0. The lowest BCUT2D eigenvalue weighted by Gasteiger charge is -2.00. The van der Waals surface area contributed by atoms with Crippen LogP contribution in [0.25, 0.3) is 0 Å². The van der Waals surface area contributed by atoms with Crippen LogP contribution in [-0.4, -0.2) is 91.2 Å². The quantitative estimate of drug-likeness (QED) is 0.0759. The first-order chi connectivity index (χ1) is 24.1. The van der Waals surface area contributed by atoms with Gasteiger partial charge < -0.3 is 41.1 Å². The summed E-state index contributed by atoms with van der Waals surface area (Å²) in [5, 5.41) is 130. The maximum atomic E-state index is 12.7. The van der Waals surface area contributed by atoms with Crippen molar-refractivity contribution in [3.8, 4) is 0 Å². The fourth-order valence-electron chi connectivity index (χ4n) is 2.79. The van der Waals surface area contributed by atoms with Crippen LogP contribution in [-0.2, 0) is 0 Å². The molecule has 6 rings (SSSR count). The van der Waals surface area contributed by atoms with Crippen LogP contribution >= 0.6 is 0 Å². The van der Waals surface area contributed by atoms with Crippen molar-refractivity contribution in [1.29, 1.82) is 0 Å². The molecule has 0 radical (unpaired) electrons. The third kappa shape index (κ3) is 6.05. The Labute approximate surface area is 261 Å². The minimum Gasteiger partial charge on any atom is -0.690 e. The van der Waals surface area contributed by atoms with Gasteiger partial charge in [-0.2, -0.15) is 0 Å². The Morgan fingerprint density at radius 3 is 0.840 bits per heavy atom. The minimum absolute atomic E-state index is 0.373. The molecular weight excluding hydrogens is 704 g/mol. The highest BCUT2D eigenvalue weighted by molar-refractivity contribution is 5.48. The smallest absolute Gasteiger partial charge is 0.465 e. The molecule has 0 saturated heterocycles. The third-order valence-corrected chi connectivity index (χ3v) is 4.78. The van der Waals surface area contributed by atoms with E-state index in [1.807, 2.05) is 0 Å². The SMILES string of the molecule is O=[N+]([O-])c1nonc1N=[N+]([O-])c1nonc1N=[N+]([O-])c1nonc1N=Nc1nonc1[N+]([O-])=Nc1nonc1[N+]([O-])=Nc1nonc1[N+](=O)[O-]. The molecule has 0 aliphatic heterocycles. The third-order valence-electron chi connectivity index (χ3n) is 4.78. The lowest BCUT2D eigenvalue weighted by atomic mass is 10.6. The summed E-state index contributed by atoms with van der Waals surface area (Å²) in [6, 6.07) is 0. The molecular formula is C12N24O14. The molecule has 38 nitrogen and oxygen atoms in total. The Morgan fingerprint density at radius 2 is 0.560 bits per heavy atom. The van der Waals surface area contributed by atoms with Crippen LogP contribution in [0.3, 0.4) is 0 Å². The van der Waals surface area contributed by atoms with Gasteiger partial charge in [-0.3, -0.25) is 0 Å². The van der Waals surface area contributed by atoms with Gasteiger partial charge >= 0.3 is 69.8 Å². The monoisotopic (exact) mass is 704 g/mol.